The maximum Gasteiger partial charge on any atom is 0.338 e. The molecule has 0 unspecified atom stereocenters. The van der Waals surface area contributed by atoms with Crippen molar-refractivity contribution in [2.75, 3.05) is 39.0 Å². The maximum absolute atomic E-state index is 12.9. The number of rotatable bonds is 10. The van der Waals surface area contributed by atoms with Crippen LogP contribution in [0.4, 0.5) is 5.69 Å². The lowest BCUT2D eigenvalue weighted by molar-refractivity contribution is -0.139. The molecule has 0 bridgehead atoms. The van der Waals surface area contributed by atoms with Gasteiger partial charge in [0.15, 0.2) is 16.7 Å². The summed E-state index contributed by atoms with van der Waals surface area (Å²) < 4.78 is 21.8. The molecule has 0 saturated carbocycles. The molecule has 0 spiro atoms. The fourth-order valence-electron chi connectivity index (χ4n) is 4.13. The maximum atomic E-state index is 12.9. The standard InChI is InChI=1S/C28H35N3O6S/c1-8-37-27(33)24-17(4)29-28(38-15-23(32)30-20-12-10-9-11-19(20)16(2)3)31-25(24)18-13-21(34-5)26(36-7)22(14-18)35-6/h9-14,16,25H,8,15H2,1-7H3,(H,29,31)(H,30,32)/t25-/m0/s1. The number of nitrogens with zero attached hydrogens (tertiary/aromatic N) is 1. The van der Waals surface area contributed by atoms with Crippen molar-refractivity contribution in [3.8, 4) is 17.2 Å². The zero-order valence-electron chi connectivity index (χ0n) is 22.8. The highest BCUT2D eigenvalue weighted by atomic mass is 32.2. The van der Waals surface area contributed by atoms with Crippen LogP contribution in [-0.4, -0.2) is 50.7 Å². The lowest BCUT2D eigenvalue weighted by Crippen LogP contribution is -2.31. The molecule has 2 aromatic rings. The molecule has 1 heterocycles. The van der Waals surface area contributed by atoms with Gasteiger partial charge in [-0.1, -0.05) is 43.8 Å². The number of hydrogen-bond acceptors (Lipinski definition) is 9. The summed E-state index contributed by atoms with van der Waals surface area (Å²) in [4.78, 5) is 30.5. The Morgan fingerprint density at radius 2 is 1.74 bits per heavy atom. The molecular formula is C28H35N3O6S. The van der Waals surface area contributed by atoms with Crippen LogP contribution >= 0.6 is 11.8 Å². The van der Waals surface area contributed by atoms with Gasteiger partial charge in [0.05, 0.1) is 39.3 Å². The molecule has 0 saturated heterocycles. The molecule has 2 aromatic carbocycles. The summed E-state index contributed by atoms with van der Waals surface area (Å²) in [7, 11) is 4.57. The Labute approximate surface area is 228 Å². The largest absolute Gasteiger partial charge is 0.493 e. The highest BCUT2D eigenvalue weighted by Gasteiger charge is 2.32. The molecule has 10 heteroatoms. The number of esters is 1. The predicted molar refractivity (Wildman–Crippen MR) is 150 cm³/mol. The number of nitrogens with one attached hydrogen (secondary N) is 2. The number of thioether (sulfide) groups is 1. The molecule has 38 heavy (non-hydrogen) atoms. The number of carbonyl (C=O) groups is 2. The number of carbonyl (C=O) groups excluding carboxylic acids is 2. The van der Waals surface area contributed by atoms with Crippen LogP contribution in [0.5, 0.6) is 17.2 Å². The smallest absolute Gasteiger partial charge is 0.338 e. The molecular weight excluding hydrogens is 506 g/mol. The molecule has 1 aliphatic heterocycles. The van der Waals surface area contributed by atoms with Gasteiger partial charge in [-0.05, 0) is 49.1 Å². The minimum absolute atomic E-state index is 0.127. The first kappa shape index (κ1) is 28.9. The number of ether oxygens (including phenoxy) is 4. The Bertz CT molecular complexity index is 1220. The first-order valence-electron chi connectivity index (χ1n) is 12.3. The Balaban J connectivity index is 1.90. The predicted octanol–water partition coefficient (Wildman–Crippen LogP) is 5.05. The Hall–Kier alpha value is -3.66. The summed E-state index contributed by atoms with van der Waals surface area (Å²) in [5, 5.41) is 6.66. The van der Waals surface area contributed by atoms with Gasteiger partial charge in [-0.15, -0.1) is 0 Å². The van der Waals surface area contributed by atoms with Gasteiger partial charge in [-0.25, -0.2) is 9.79 Å². The van der Waals surface area contributed by atoms with E-state index in [1.165, 1.54) is 33.1 Å². The van der Waals surface area contributed by atoms with E-state index < -0.39 is 12.0 Å². The van der Waals surface area contributed by atoms with Crippen molar-refractivity contribution in [2.24, 2.45) is 4.99 Å². The molecule has 1 aliphatic rings. The zero-order chi connectivity index (χ0) is 27.8. The van der Waals surface area contributed by atoms with Crippen molar-refractivity contribution in [1.82, 2.24) is 5.32 Å². The van der Waals surface area contributed by atoms with Crippen LogP contribution in [0.3, 0.4) is 0 Å². The average Bonchev–Trinajstić information content (AvgIpc) is 2.90. The first-order valence-corrected chi connectivity index (χ1v) is 13.3. The molecule has 2 N–H and O–H groups in total. The van der Waals surface area contributed by atoms with E-state index in [1.807, 2.05) is 24.3 Å². The van der Waals surface area contributed by atoms with E-state index in [1.54, 1.807) is 26.0 Å². The topological polar surface area (TPSA) is 107 Å². The van der Waals surface area contributed by atoms with Gasteiger partial charge in [0, 0.05) is 11.4 Å². The van der Waals surface area contributed by atoms with Crippen LogP contribution < -0.4 is 24.8 Å². The number of para-hydroxylation sites is 1. The lowest BCUT2D eigenvalue weighted by atomic mass is 9.96. The normalized spacial score (nSPS) is 14.9. The van der Waals surface area contributed by atoms with Gasteiger partial charge in [-0.2, -0.15) is 0 Å². The van der Waals surface area contributed by atoms with Gasteiger partial charge in [0.25, 0.3) is 0 Å². The summed E-state index contributed by atoms with van der Waals surface area (Å²) in [6, 6.07) is 10.6. The number of amidine groups is 1. The lowest BCUT2D eigenvalue weighted by Gasteiger charge is -2.26. The Morgan fingerprint density at radius 1 is 1.08 bits per heavy atom. The van der Waals surface area contributed by atoms with Crippen molar-refractivity contribution < 1.29 is 28.5 Å². The molecule has 3 rings (SSSR count). The molecule has 0 fully saturated rings. The summed E-state index contributed by atoms with van der Waals surface area (Å²) in [6.45, 7) is 7.92. The third kappa shape index (κ3) is 6.61. The fraction of sp³-hybridized carbons (Fsp3) is 0.393. The van der Waals surface area contributed by atoms with E-state index in [9.17, 15) is 9.59 Å². The average molecular weight is 542 g/mol. The second-order valence-corrected chi connectivity index (χ2v) is 9.72. The molecule has 1 atom stereocenters. The van der Waals surface area contributed by atoms with Crippen molar-refractivity contribution in [3.63, 3.8) is 0 Å². The van der Waals surface area contributed by atoms with Gasteiger partial charge in [0.2, 0.25) is 11.7 Å². The van der Waals surface area contributed by atoms with E-state index in [4.69, 9.17) is 23.9 Å². The molecule has 0 radical (unpaired) electrons. The van der Waals surface area contributed by atoms with E-state index in [2.05, 4.69) is 24.5 Å². The van der Waals surface area contributed by atoms with Crippen molar-refractivity contribution in [2.45, 2.75) is 39.7 Å². The van der Waals surface area contributed by atoms with Crippen molar-refractivity contribution >= 4 is 34.5 Å². The van der Waals surface area contributed by atoms with Crippen LogP contribution in [-0.2, 0) is 14.3 Å². The van der Waals surface area contributed by atoms with Gasteiger partial charge >= 0.3 is 5.97 Å². The summed E-state index contributed by atoms with van der Waals surface area (Å²) in [6.07, 6.45) is 0. The van der Waals surface area contributed by atoms with Crippen molar-refractivity contribution in [3.05, 3.63) is 58.8 Å². The number of allylic oxidation sites excluding steroid dienone is 1. The fourth-order valence-corrected chi connectivity index (χ4v) is 4.87. The number of hydrogen-bond donors (Lipinski definition) is 2. The molecule has 0 aliphatic carbocycles. The van der Waals surface area contributed by atoms with Crippen LogP contribution in [0.15, 0.2) is 52.7 Å². The van der Waals surface area contributed by atoms with E-state index >= 15 is 0 Å². The van der Waals surface area contributed by atoms with E-state index in [-0.39, 0.29) is 24.2 Å². The summed E-state index contributed by atoms with van der Waals surface area (Å²) in [5.74, 6) is 1.08. The zero-order valence-corrected chi connectivity index (χ0v) is 23.7. The third-order valence-corrected chi connectivity index (χ3v) is 6.80. The molecule has 1 amide bonds. The summed E-state index contributed by atoms with van der Waals surface area (Å²) in [5.41, 5.74) is 3.46. The molecule has 0 aromatic heterocycles. The van der Waals surface area contributed by atoms with Crippen LogP contribution in [0.2, 0.25) is 0 Å². The number of aliphatic imine (C=N–C) groups is 1. The Kier molecular flexibility index (Phi) is 10.1. The third-order valence-electron chi connectivity index (χ3n) is 5.91. The number of methoxy groups -OCH3 is 3. The highest BCUT2D eigenvalue weighted by molar-refractivity contribution is 8.14. The van der Waals surface area contributed by atoms with E-state index in [0.29, 0.717) is 39.2 Å². The van der Waals surface area contributed by atoms with Crippen LogP contribution in [0, 0.1) is 0 Å². The molecule has 204 valence electrons. The van der Waals surface area contributed by atoms with Gasteiger partial charge in [0.1, 0.15) is 6.04 Å². The minimum Gasteiger partial charge on any atom is -0.493 e. The number of amides is 1. The minimum atomic E-state index is -0.712. The van der Waals surface area contributed by atoms with Gasteiger partial charge in [-0.3, -0.25) is 4.79 Å². The second-order valence-electron chi connectivity index (χ2n) is 8.76. The highest BCUT2D eigenvalue weighted by Crippen LogP contribution is 2.43. The second kappa shape index (κ2) is 13.2. The number of benzene rings is 2. The van der Waals surface area contributed by atoms with Crippen LogP contribution in [0.1, 0.15) is 50.8 Å². The monoisotopic (exact) mass is 541 g/mol. The summed E-state index contributed by atoms with van der Waals surface area (Å²) >= 11 is 1.25. The van der Waals surface area contributed by atoms with E-state index in [0.717, 1.165) is 11.3 Å². The SMILES string of the molecule is CCOC(=O)C1=C(C)NC(SCC(=O)Nc2ccccc2C(C)C)=N[C@H]1c1cc(OC)c(OC)c(OC)c1. The Morgan fingerprint density at radius 3 is 2.32 bits per heavy atom. The van der Waals surface area contributed by atoms with Crippen LogP contribution in [0.25, 0.3) is 0 Å². The quantitative estimate of drug-likeness (QED) is 0.403. The van der Waals surface area contributed by atoms with Crippen molar-refractivity contribution in [1.29, 1.82) is 0 Å². The number of anilines is 1. The molecule has 9 nitrogen and oxygen atoms in total. The van der Waals surface area contributed by atoms with Gasteiger partial charge < -0.3 is 29.6 Å². The first-order chi connectivity index (χ1) is 18.2.